The van der Waals surface area contributed by atoms with E-state index in [4.69, 9.17) is 0 Å². The van der Waals surface area contributed by atoms with Gasteiger partial charge in [-0.15, -0.1) is 6.58 Å². The molecule has 78 valence electrons. The van der Waals surface area contributed by atoms with Crippen molar-refractivity contribution < 1.29 is 5.11 Å². The third kappa shape index (κ3) is 1.66. The Bertz CT molecular complexity index is 485. The zero-order valence-electron chi connectivity index (χ0n) is 8.72. The molecule has 0 bridgehead atoms. The summed E-state index contributed by atoms with van der Waals surface area (Å²) in [4.78, 5) is 4.40. The number of allylic oxidation sites excluding steroid dienone is 1. The Hall–Kier alpha value is -1.61. The molecule has 0 fully saturated rings. The van der Waals surface area contributed by atoms with Gasteiger partial charge < -0.3 is 9.67 Å². The molecule has 1 N–H and O–H groups in total. The molecule has 0 aliphatic rings. The molecule has 1 unspecified atom stereocenters. The number of imidazole rings is 1. The molecule has 1 heterocycles. The first kappa shape index (κ1) is 9.93. The van der Waals surface area contributed by atoms with Gasteiger partial charge >= 0.3 is 0 Å². The fourth-order valence-corrected chi connectivity index (χ4v) is 1.73. The third-order valence-corrected chi connectivity index (χ3v) is 2.37. The van der Waals surface area contributed by atoms with Crippen molar-refractivity contribution in [3.63, 3.8) is 0 Å². The minimum Gasteiger partial charge on any atom is -0.385 e. The maximum absolute atomic E-state index is 9.61. The summed E-state index contributed by atoms with van der Waals surface area (Å²) in [6.07, 6.45) is 1.25. The van der Waals surface area contributed by atoms with Crippen LogP contribution in [0.5, 0.6) is 0 Å². The van der Waals surface area contributed by atoms with Crippen LogP contribution in [0.25, 0.3) is 11.0 Å². The van der Waals surface area contributed by atoms with E-state index in [0.717, 1.165) is 11.0 Å². The second-order valence-corrected chi connectivity index (χ2v) is 3.53. The van der Waals surface area contributed by atoms with Gasteiger partial charge in [-0.25, -0.2) is 4.98 Å². The molecule has 0 aliphatic heterocycles. The van der Waals surface area contributed by atoms with Crippen LogP contribution in [0.15, 0.2) is 36.9 Å². The van der Waals surface area contributed by atoms with E-state index in [1.165, 1.54) is 0 Å². The van der Waals surface area contributed by atoms with Gasteiger partial charge in [0.15, 0.2) is 0 Å². The molecule has 2 aromatic rings. The summed E-state index contributed by atoms with van der Waals surface area (Å²) in [6.45, 7) is 6.10. The summed E-state index contributed by atoms with van der Waals surface area (Å²) >= 11 is 0. The van der Waals surface area contributed by atoms with Crippen LogP contribution >= 0.6 is 0 Å². The van der Waals surface area contributed by atoms with Crippen LogP contribution in [0, 0.1) is 0 Å². The predicted octanol–water partition coefficient (Wildman–Crippen LogP) is 2.28. The van der Waals surface area contributed by atoms with Crippen LogP contribution in [0.4, 0.5) is 0 Å². The van der Waals surface area contributed by atoms with Crippen LogP contribution < -0.4 is 0 Å². The molecule has 0 saturated heterocycles. The number of fused-ring (bicyclic) bond motifs is 1. The van der Waals surface area contributed by atoms with Crippen molar-refractivity contribution in [1.82, 2.24) is 9.55 Å². The normalized spacial score (nSPS) is 12.9. The Balaban J connectivity index is 2.68. The number of rotatable bonds is 3. The molecule has 0 spiro atoms. The first-order valence-corrected chi connectivity index (χ1v) is 4.98. The van der Waals surface area contributed by atoms with Crippen molar-refractivity contribution in [2.75, 3.05) is 0 Å². The number of nitrogens with zero attached hydrogens (tertiary/aromatic N) is 2. The van der Waals surface area contributed by atoms with E-state index < -0.39 is 6.10 Å². The van der Waals surface area contributed by atoms with Crippen LogP contribution in [0.3, 0.4) is 0 Å². The van der Waals surface area contributed by atoms with Gasteiger partial charge in [0.2, 0.25) is 0 Å². The van der Waals surface area contributed by atoms with E-state index in [9.17, 15) is 5.11 Å². The van der Waals surface area contributed by atoms with Crippen molar-refractivity contribution in [3.05, 3.63) is 42.7 Å². The van der Waals surface area contributed by atoms with Gasteiger partial charge in [0.25, 0.3) is 0 Å². The van der Waals surface area contributed by atoms with Gasteiger partial charge in [-0.2, -0.15) is 0 Å². The quantitative estimate of drug-likeness (QED) is 0.775. The Morgan fingerprint density at radius 1 is 1.53 bits per heavy atom. The minimum atomic E-state index is -0.558. The highest BCUT2D eigenvalue weighted by molar-refractivity contribution is 5.76. The Labute approximate surface area is 88.7 Å². The Morgan fingerprint density at radius 2 is 2.27 bits per heavy atom. The smallest absolute Gasteiger partial charge is 0.138 e. The third-order valence-electron chi connectivity index (χ3n) is 2.37. The highest BCUT2D eigenvalue weighted by Gasteiger charge is 2.12. The van der Waals surface area contributed by atoms with Crippen molar-refractivity contribution >= 4 is 11.0 Å². The molecule has 3 nitrogen and oxygen atoms in total. The maximum atomic E-state index is 9.61. The molecule has 15 heavy (non-hydrogen) atoms. The fourth-order valence-electron chi connectivity index (χ4n) is 1.73. The first-order chi connectivity index (χ1) is 7.24. The zero-order valence-corrected chi connectivity index (χ0v) is 8.72. The average Bonchev–Trinajstić information content (AvgIpc) is 2.58. The summed E-state index contributed by atoms with van der Waals surface area (Å²) in [7, 11) is 0. The van der Waals surface area contributed by atoms with Crippen LogP contribution in [0.1, 0.15) is 18.9 Å². The molecule has 2 rings (SSSR count). The van der Waals surface area contributed by atoms with Crippen LogP contribution in [-0.4, -0.2) is 14.7 Å². The first-order valence-electron chi connectivity index (χ1n) is 4.98. The molecular formula is C12H14N2O. The number of hydrogen-bond acceptors (Lipinski definition) is 2. The average molecular weight is 202 g/mol. The molecule has 1 aromatic heterocycles. The van der Waals surface area contributed by atoms with Crippen molar-refractivity contribution in [2.45, 2.75) is 19.6 Å². The van der Waals surface area contributed by atoms with Gasteiger partial charge in [-0.3, -0.25) is 0 Å². The summed E-state index contributed by atoms with van der Waals surface area (Å²) in [5, 5.41) is 9.61. The lowest BCUT2D eigenvalue weighted by molar-refractivity contribution is 0.185. The van der Waals surface area contributed by atoms with E-state index in [1.807, 2.05) is 28.8 Å². The summed E-state index contributed by atoms with van der Waals surface area (Å²) < 4.78 is 1.98. The molecular weight excluding hydrogens is 188 g/mol. The lowest BCUT2D eigenvalue weighted by Crippen LogP contribution is -2.05. The zero-order chi connectivity index (χ0) is 10.8. The minimum absolute atomic E-state index is 0.558. The van der Waals surface area contributed by atoms with Crippen molar-refractivity contribution in [3.8, 4) is 0 Å². The Morgan fingerprint density at radius 3 is 2.93 bits per heavy atom. The van der Waals surface area contributed by atoms with Gasteiger partial charge in [0, 0.05) is 6.54 Å². The highest BCUT2D eigenvalue weighted by Crippen LogP contribution is 2.20. The summed E-state index contributed by atoms with van der Waals surface area (Å²) in [6, 6.07) is 7.85. The van der Waals surface area contributed by atoms with Crippen LogP contribution in [-0.2, 0) is 6.54 Å². The van der Waals surface area contributed by atoms with Crippen molar-refractivity contribution in [1.29, 1.82) is 0 Å². The highest BCUT2D eigenvalue weighted by atomic mass is 16.3. The molecule has 0 amide bonds. The fraction of sp³-hybridized carbons (Fsp3) is 0.250. The van der Waals surface area contributed by atoms with E-state index in [0.29, 0.717) is 12.4 Å². The topological polar surface area (TPSA) is 38.0 Å². The lowest BCUT2D eigenvalue weighted by atomic mass is 10.3. The second kappa shape index (κ2) is 3.87. The molecule has 0 saturated carbocycles. The number of para-hydroxylation sites is 2. The molecule has 1 aromatic carbocycles. The van der Waals surface area contributed by atoms with E-state index >= 15 is 0 Å². The number of aliphatic hydroxyl groups is 1. The summed E-state index contributed by atoms with van der Waals surface area (Å²) in [5.74, 6) is 0.691. The molecule has 0 aliphatic carbocycles. The molecule has 1 atom stereocenters. The van der Waals surface area contributed by atoms with E-state index in [1.54, 1.807) is 13.0 Å². The molecule has 3 heteroatoms. The lowest BCUT2D eigenvalue weighted by Gasteiger charge is -2.07. The van der Waals surface area contributed by atoms with E-state index in [2.05, 4.69) is 11.6 Å². The number of aromatic nitrogens is 2. The SMILES string of the molecule is C=CCn1c(C(C)O)nc2ccccc21. The van der Waals surface area contributed by atoms with Crippen LogP contribution in [0.2, 0.25) is 0 Å². The standard InChI is InChI=1S/C12H14N2O/c1-3-8-14-11-7-5-4-6-10(11)13-12(14)9(2)15/h3-7,9,15H,1,8H2,2H3. The van der Waals surface area contributed by atoms with Gasteiger partial charge in [0.1, 0.15) is 11.9 Å². The van der Waals surface area contributed by atoms with Crippen molar-refractivity contribution in [2.24, 2.45) is 0 Å². The number of benzene rings is 1. The number of hydrogen-bond donors (Lipinski definition) is 1. The predicted molar refractivity (Wildman–Crippen MR) is 60.6 cm³/mol. The Kier molecular flexibility index (Phi) is 2.56. The summed E-state index contributed by atoms with van der Waals surface area (Å²) in [5.41, 5.74) is 1.95. The second-order valence-electron chi connectivity index (χ2n) is 3.53. The molecule has 0 radical (unpaired) electrons. The van der Waals surface area contributed by atoms with Gasteiger partial charge in [-0.1, -0.05) is 18.2 Å². The van der Waals surface area contributed by atoms with E-state index in [-0.39, 0.29) is 0 Å². The maximum Gasteiger partial charge on any atom is 0.138 e. The monoisotopic (exact) mass is 202 g/mol. The number of aliphatic hydroxyl groups excluding tert-OH is 1. The largest absolute Gasteiger partial charge is 0.385 e. The van der Waals surface area contributed by atoms with Gasteiger partial charge in [0.05, 0.1) is 11.0 Å². The van der Waals surface area contributed by atoms with Gasteiger partial charge in [-0.05, 0) is 19.1 Å².